The maximum atomic E-state index is 11.5. The lowest BCUT2D eigenvalue weighted by molar-refractivity contribution is 0.0997. The van der Waals surface area contributed by atoms with Crippen molar-refractivity contribution in [3.05, 3.63) is 65.7 Å². The fraction of sp³-hybridized carbons (Fsp3) is 0.111. The van der Waals surface area contributed by atoms with Crippen LogP contribution >= 0.6 is 0 Å². The van der Waals surface area contributed by atoms with Gasteiger partial charge in [-0.05, 0) is 17.7 Å². The zero-order valence-electron chi connectivity index (χ0n) is 12.7. The molecular formula is C18H16N2O3. The van der Waals surface area contributed by atoms with Gasteiger partial charge in [-0.2, -0.15) is 0 Å². The van der Waals surface area contributed by atoms with Gasteiger partial charge in [0.1, 0.15) is 23.4 Å². The van der Waals surface area contributed by atoms with Crippen LogP contribution in [0.15, 0.2) is 54.6 Å². The van der Waals surface area contributed by atoms with Crippen molar-refractivity contribution in [2.75, 3.05) is 7.11 Å². The van der Waals surface area contributed by atoms with Crippen molar-refractivity contribution >= 4 is 16.8 Å². The fourth-order valence-corrected chi connectivity index (χ4v) is 2.34. The van der Waals surface area contributed by atoms with Crippen molar-refractivity contribution in [3.63, 3.8) is 0 Å². The number of pyridine rings is 1. The summed E-state index contributed by atoms with van der Waals surface area (Å²) < 4.78 is 11.0. The molecule has 5 heteroatoms. The molecule has 3 rings (SSSR count). The zero-order chi connectivity index (χ0) is 16.2. The highest BCUT2D eigenvalue weighted by molar-refractivity contribution is 5.99. The molecule has 0 radical (unpaired) electrons. The first kappa shape index (κ1) is 14.8. The number of hydrogen-bond acceptors (Lipinski definition) is 4. The number of carbonyl (C=O) groups excluding carboxylic acids is 1. The van der Waals surface area contributed by atoms with E-state index in [0.29, 0.717) is 17.9 Å². The van der Waals surface area contributed by atoms with Crippen LogP contribution in [0.5, 0.6) is 11.6 Å². The van der Waals surface area contributed by atoms with Crippen molar-refractivity contribution in [2.24, 2.45) is 5.73 Å². The maximum Gasteiger partial charge on any atom is 0.254 e. The molecule has 1 amide bonds. The summed E-state index contributed by atoms with van der Waals surface area (Å²) in [5, 5.41) is 0.769. The molecule has 0 atom stereocenters. The minimum absolute atomic E-state index is 0.195. The Morgan fingerprint density at radius 3 is 2.61 bits per heavy atom. The molecule has 0 bridgehead atoms. The van der Waals surface area contributed by atoms with Crippen molar-refractivity contribution in [3.8, 4) is 11.6 Å². The highest BCUT2D eigenvalue weighted by Crippen LogP contribution is 2.29. The van der Waals surface area contributed by atoms with Gasteiger partial charge in [0, 0.05) is 5.39 Å². The summed E-state index contributed by atoms with van der Waals surface area (Å²) in [6.45, 7) is 0.432. The zero-order valence-corrected chi connectivity index (χ0v) is 12.7. The molecule has 23 heavy (non-hydrogen) atoms. The van der Waals surface area contributed by atoms with E-state index < -0.39 is 5.91 Å². The summed E-state index contributed by atoms with van der Waals surface area (Å²) in [4.78, 5) is 15.9. The van der Waals surface area contributed by atoms with E-state index in [0.717, 1.165) is 10.9 Å². The summed E-state index contributed by atoms with van der Waals surface area (Å²) in [7, 11) is 1.45. The molecule has 2 N–H and O–H groups in total. The Morgan fingerprint density at radius 2 is 1.91 bits per heavy atom. The topological polar surface area (TPSA) is 74.4 Å². The fourth-order valence-electron chi connectivity index (χ4n) is 2.34. The third-order valence-electron chi connectivity index (χ3n) is 3.47. The molecule has 0 saturated heterocycles. The SMILES string of the molecule is COc1nc2c(OCc3ccccc3)cccc2cc1C(N)=O. The molecular weight excluding hydrogens is 292 g/mol. The van der Waals surface area contributed by atoms with E-state index in [1.807, 2.05) is 48.5 Å². The first-order valence-electron chi connectivity index (χ1n) is 7.13. The molecule has 116 valence electrons. The first-order chi connectivity index (χ1) is 11.2. The van der Waals surface area contributed by atoms with Crippen LogP contribution < -0.4 is 15.2 Å². The Hall–Kier alpha value is -3.08. The number of para-hydroxylation sites is 1. The lowest BCUT2D eigenvalue weighted by Crippen LogP contribution is -2.13. The van der Waals surface area contributed by atoms with Crippen molar-refractivity contribution < 1.29 is 14.3 Å². The number of fused-ring (bicyclic) bond motifs is 1. The van der Waals surface area contributed by atoms with Crippen molar-refractivity contribution in [1.82, 2.24) is 4.98 Å². The van der Waals surface area contributed by atoms with Gasteiger partial charge in [0.15, 0.2) is 0 Å². The second-order valence-corrected chi connectivity index (χ2v) is 5.01. The van der Waals surface area contributed by atoms with Gasteiger partial charge in [0.2, 0.25) is 5.88 Å². The minimum atomic E-state index is -0.577. The van der Waals surface area contributed by atoms with Gasteiger partial charge in [0.05, 0.1) is 7.11 Å². The highest BCUT2D eigenvalue weighted by atomic mass is 16.5. The Bertz CT molecular complexity index is 848. The standard InChI is InChI=1S/C18H16N2O3/c1-22-18-14(17(19)21)10-13-8-5-9-15(16(13)20-18)23-11-12-6-3-2-4-7-12/h2-10H,11H2,1H3,(H2,19,21). The van der Waals surface area contributed by atoms with Crippen LogP contribution in [0.3, 0.4) is 0 Å². The highest BCUT2D eigenvalue weighted by Gasteiger charge is 2.14. The summed E-state index contributed by atoms with van der Waals surface area (Å²) >= 11 is 0. The predicted octanol–water partition coefficient (Wildman–Crippen LogP) is 2.92. The number of hydrogen-bond donors (Lipinski definition) is 1. The molecule has 2 aromatic carbocycles. The van der Waals surface area contributed by atoms with E-state index >= 15 is 0 Å². The van der Waals surface area contributed by atoms with Crippen LogP contribution in [0.25, 0.3) is 10.9 Å². The number of primary amides is 1. The van der Waals surface area contributed by atoms with E-state index in [-0.39, 0.29) is 11.4 Å². The summed E-state index contributed by atoms with van der Waals surface area (Å²) in [6, 6.07) is 17.1. The second-order valence-electron chi connectivity index (χ2n) is 5.01. The van der Waals surface area contributed by atoms with E-state index in [2.05, 4.69) is 4.98 Å². The normalized spacial score (nSPS) is 10.5. The average Bonchev–Trinajstić information content (AvgIpc) is 2.59. The van der Waals surface area contributed by atoms with Crippen LogP contribution in [0.1, 0.15) is 15.9 Å². The van der Waals surface area contributed by atoms with Crippen LogP contribution in [-0.4, -0.2) is 18.0 Å². The molecule has 0 aliphatic rings. The van der Waals surface area contributed by atoms with Crippen LogP contribution in [0.2, 0.25) is 0 Å². The monoisotopic (exact) mass is 308 g/mol. The van der Waals surface area contributed by atoms with Gasteiger partial charge in [0.25, 0.3) is 5.91 Å². The second kappa shape index (κ2) is 6.36. The van der Waals surface area contributed by atoms with Crippen LogP contribution in [-0.2, 0) is 6.61 Å². The molecule has 0 fully saturated rings. The summed E-state index contributed by atoms with van der Waals surface area (Å²) in [5.74, 6) is 0.244. The predicted molar refractivity (Wildman–Crippen MR) is 87.6 cm³/mol. The molecule has 0 aliphatic carbocycles. The molecule has 0 saturated carbocycles. The minimum Gasteiger partial charge on any atom is -0.487 e. The van der Waals surface area contributed by atoms with Crippen LogP contribution in [0, 0.1) is 0 Å². The van der Waals surface area contributed by atoms with Crippen molar-refractivity contribution in [2.45, 2.75) is 6.61 Å². The molecule has 0 aliphatic heterocycles. The molecule has 3 aromatic rings. The quantitative estimate of drug-likeness (QED) is 0.786. The number of ether oxygens (including phenoxy) is 2. The number of methoxy groups -OCH3 is 1. The molecule has 0 unspecified atom stereocenters. The van der Waals surface area contributed by atoms with E-state index in [9.17, 15) is 4.79 Å². The van der Waals surface area contributed by atoms with E-state index in [1.165, 1.54) is 7.11 Å². The Morgan fingerprint density at radius 1 is 1.13 bits per heavy atom. The largest absolute Gasteiger partial charge is 0.487 e. The maximum absolute atomic E-state index is 11.5. The van der Waals surface area contributed by atoms with Gasteiger partial charge in [-0.15, -0.1) is 0 Å². The molecule has 0 spiro atoms. The Labute approximate surface area is 133 Å². The summed E-state index contributed by atoms with van der Waals surface area (Å²) in [6.07, 6.45) is 0. The lowest BCUT2D eigenvalue weighted by Gasteiger charge is -2.11. The van der Waals surface area contributed by atoms with Gasteiger partial charge in [-0.1, -0.05) is 42.5 Å². The lowest BCUT2D eigenvalue weighted by atomic mass is 10.1. The van der Waals surface area contributed by atoms with E-state index in [1.54, 1.807) is 6.07 Å². The molecule has 1 heterocycles. The van der Waals surface area contributed by atoms with Gasteiger partial charge in [-0.25, -0.2) is 4.98 Å². The third-order valence-corrected chi connectivity index (χ3v) is 3.47. The van der Waals surface area contributed by atoms with Gasteiger partial charge in [-0.3, -0.25) is 4.79 Å². The number of aromatic nitrogens is 1. The number of carbonyl (C=O) groups is 1. The van der Waals surface area contributed by atoms with Crippen molar-refractivity contribution in [1.29, 1.82) is 0 Å². The Kier molecular flexibility index (Phi) is 4.10. The van der Waals surface area contributed by atoms with E-state index in [4.69, 9.17) is 15.2 Å². The third kappa shape index (κ3) is 3.08. The smallest absolute Gasteiger partial charge is 0.254 e. The first-order valence-corrected chi connectivity index (χ1v) is 7.13. The number of nitrogens with two attached hydrogens (primary N) is 1. The summed E-state index contributed by atoms with van der Waals surface area (Å²) in [5.41, 5.74) is 7.30. The Balaban J connectivity index is 1.99. The number of benzene rings is 2. The number of amides is 1. The van der Waals surface area contributed by atoms with Gasteiger partial charge >= 0.3 is 0 Å². The number of rotatable bonds is 5. The molecule has 1 aromatic heterocycles. The van der Waals surface area contributed by atoms with Crippen LogP contribution in [0.4, 0.5) is 0 Å². The van der Waals surface area contributed by atoms with Gasteiger partial charge < -0.3 is 15.2 Å². The average molecular weight is 308 g/mol. The molecule has 5 nitrogen and oxygen atoms in total. The number of nitrogens with zero attached hydrogens (tertiary/aromatic N) is 1.